The highest BCUT2D eigenvalue weighted by molar-refractivity contribution is 5.11. The van der Waals surface area contributed by atoms with Crippen LogP contribution in [0.4, 0.5) is 0 Å². The summed E-state index contributed by atoms with van der Waals surface area (Å²) in [6.07, 6.45) is 4.07. The molecule has 17 heavy (non-hydrogen) atoms. The molecule has 0 saturated heterocycles. The maximum absolute atomic E-state index is 5.65. The summed E-state index contributed by atoms with van der Waals surface area (Å²) in [6, 6.07) is 3.87. The number of hydrogen-bond acceptors (Lipinski definition) is 4. The summed E-state index contributed by atoms with van der Waals surface area (Å²) >= 11 is 0. The van der Waals surface area contributed by atoms with Crippen molar-refractivity contribution in [3.63, 3.8) is 0 Å². The number of ether oxygens (including phenoxy) is 3. The number of hydrogen-bond donors (Lipinski definition) is 0. The van der Waals surface area contributed by atoms with E-state index in [1.807, 2.05) is 32.9 Å². The number of aromatic nitrogens is 1. The molecule has 1 rings (SSSR count). The monoisotopic (exact) mass is 239 g/mol. The third-order valence-electron chi connectivity index (χ3n) is 2.26. The van der Waals surface area contributed by atoms with Gasteiger partial charge in [0.05, 0.1) is 6.42 Å². The van der Waals surface area contributed by atoms with Gasteiger partial charge in [-0.1, -0.05) is 0 Å². The van der Waals surface area contributed by atoms with Crippen LogP contribution < -0.4 is 0 Å². The van der Waals surface area contributed by atoms with Crippen LogP contribution in [0.1, 0.15) is 26.3 Å². The van der Waals surface area contributed by atoms with Crippen LogP contribution in [0.2, 0.25) is 0 Å². The lowest BCUT2D eigenvalue weighted by Crippen LogP contribution is -2.41. The van der Waals surface area contributed by atoms with E-state index in [-0.39, 0.29) is 0 Å². The van der Waals surface area contributed by atoms with Crippen LogP contribution >= 0.6 is 0 Å². The van der Waals surface area contributed by atoms with Crippen molar-refractivity contribution < 1.29 is 14.2 Å². The SMILES string of the molecule is CCOC(Cc1ccncc1)(OCC)OCC. The molecular weight excluding hydrogens is 218 g/mol. The van der Waals surface area contributed by atoms with Crippen molar-refractivity contribution in [2.45, 2.75) is 33.2 Å². The fourth-order valence-electron chi connectivity index (χ4n) is 1.69. The highest BCUT2D eigenvalue weighted by Crippen LogP contribution is 2.21. The van der Waals surface area contributed by atoms with Crippen LogP contribution in [0.5, 0.6) is 0 Å². The third kappa shape index (κ3) is 4.42. The van der Waals surface area contributed by atoms with E-state index in [2.05, 4.69) is 4.98 Å². The Morgan fingerprint density at radius 2 is 1.41 bits per heavy atom. The zero-order chi connectivity index (χ0) is 12.6. The lowest BCUT2D eigenvalue weighted by molar-refractivity contribution is -0.376. The second-order valence-electron chi connectivity index (χ2n) is 3.51. The summed E-state index contributed by atoms with van der Waals surface area (Å²) in [7, 11) is 0. The van der Waals surface area contributed by atoms with Gasteiger partial charge in [-0.3, -0.25) is 4.98 Å². The molecular formula is C13H21NO3. The van der Waals surface area contributed by atoms with E-state index in [1.54, 1.807) is 12.4 Å². The third-order valence-corrected chi connectivity index (χ3v) is 2.26. The Balaban J connectivity index is 2.80. The van der Waals surface area contributed by atoms with Crippen LogP contribution in [0.25, 0.3) is 0 Å². The molecule has 0 fully saturated rings. The number of nitrogens with zero attached hydrogens (tertiary/aromatic N) is 1. The molecule has 0 bridgehead atoms. The topological polar surface area (TPSA) is 40.6 Å². The fourth-order valence-corrected chi connectivity index (χ4v) is 1.69. The molecule has 0 N–H and O–H groups in total. The number of rotatable bonds is 8. The van der Waals surface area contributed by atoms with Crippen LogP contribution in [-0.4, -0.2) is 30.8 Å². The molecule has 0 saturated carbocycles. The maximum atomic E-state index is 5.65. The Hall–Kier alpha value is -0.970. The van der Waals surface area contributed by atoms with Gasteiger partial charge < -0.3 is 14.2 Å². The van der Waals surface area contributed by atoms with E-state index in [0.717, 1.165) is 5.56 Å². The molecule has 96 valence electrons. The normalized spacial score (nSPS) is 11.7. The summed E-state index contributed by atoms with van der Waals surface area (Å²) in [5, 5.41) is 0. The van der Waals surface area contributed by atoms with Gasteiger partial charge in [-0.05, 0) is 38.5 Å². The molecule has 0 radical (unpaired) electrons. The summed E-state index contributed by atoms with van der Waals surface area (Å²) < 4.78 is 16.9. The van der Waals surface area contributed by atoms with Crippen molar-refractivity contribution in [3.05, 3.63) is 30.1 Å². The molecule has 0 aliphatic carbocycles. The summed E-state index contributed by atoms with van der Waals surface area (Å²) in [6.45, 7) is 7.43. The van der Waals surface area contributed by atoms with Crippen LogP contribution in [0, 0.1) is 0 Å². The Kier molecular flexibility index (Phi) is 6.11. The molecule has 0 aromatic carbocycles. The Morgan fingerprint density at radius 1 is 0.941 bits per heavy atom. The molecule has 1 aromatic rings. The average molecular weight is 239 g/mol. The van der Waals surface area contributed by atoms with Crippen LogP contribution in [0.3, 0.4) is 0 Å². The second-order valence-corrected chi connectivity index (χ2v) is 3.51. The predicted octanol–water partition coefficient (Wildman–Crippen LogP) is 2.39. The molecule has 1 aromatic heterocycles. The van der Waals surface area contributed by atoms with E-state index < -0.39 is 5.97 Å². The summed E-state index contributed by atoms with van der Waals surface area (Å²) in [5.41, 5.74) is 1.08. The van der Waals surface area contributed by atoms with Crippen molar-refractivity contribution in [2.75, 3.05) is 19.8 Å². The van der Waals surface area contributed by atoms with Crippen LogP contribution in [-0.2, 0) is 20.6 Å². The first-order valence-electron chi connectivity index (χ1n) is 6.07. The first kappa shape index (κ1) is 14.1. The van der Waals surface area contributed by atoms with E-state index in [1.165, 1.54) is 0 Å². The van der Waals surface area contributed by atoms with Gasteiger partial charge in [0.15, 0.2) is 0 Å². The molecule has 1 heterocycles. The van der Waals surface area contributed by atoms with E-state index in [4.69, 9.17) is 14.2 Å². The fraction of sp³-hybridized carbons (Fsp3) is 0.615. The predicted molar refractivity (Wildman–Crippen MR) is 65.6 cm³/mol. The van der Waals surface area contributed by atoms with Gasteiger partial charge in [0, 0.05) is 32.2 Å². The van der Waals surface area contributed by atoms with Gasteiger partial charge in [0.25, 0.3) is 5.97 Å². The van der Waals surface area contributed by atoms with E-state index >= 15 is 0 Å². The molecule has 0 amide bonds. The molecule has 4 heteroatoms. The van der Waals surface area contributed by atoms with Crippen molar-refractivity contribution in [2.24, 2.45) is 0 Å². The molecule has 0 aliphatic heterocycles. The summed E-state index contributed by atoms with van der Waals surface area (Å²) in [4.78, 5) is 3.99. The lowest BCUT2D eigenvalue weighted by atomic mass is 10.1. The largest absolute Gasteiger partial charge is 0.327 e. The van der Waals surface area contributed by atoms with Gasteiger partial charge in [-0.15, -0.1) is 0 Å². The molecule has 0 spiro atoms. The molecule has 0 unspecified atom stereocenters. The minimum absolute atomic E-state index is 0.547. The van der Waals surface area contributed by atoms with Gasteiger partial charge >= 0.3 is 0 Å². The standard InChI is InChI=1S/C13H21NO3/c1-4-15-13(16-5-2,17-6-3)11-12-7-9-14-10-8-12/h7-10H,4-6,11H2,1-3H3. The van der Waals surface area contributed by atoms with E-state index in [0.29, 0.717) is 26.2 Å². The maximum Gasteiger partial charge on any atom is 0.287 e. The smallest absolute Gasteiger partial charge is 0.287 e. The number of pyridine rings is 1. The van der Waals surface area contributed by atoms with Crippen molar-refractivity contribution in [3.8, 4) is 0 Å². The quantitative estimate of drug-likeness (QED) is 0.653. The Morgan fingerprint density at radius 3 is 1.82 bits per heavy atom. The second kappa shape index (κ2) is 7.37. The molecule has 4 nitrogen and oxygen atoms in total. The Labute approximate surface area is 103 Å². The zero-order valence-electron chi connectivity index (χ0n) is 10.8. The molecule has 0 aliphatic rings. The van der Waals surface area contributed by atoms with Crippen LogP contribution in [0.15, 0.2) is 24.5 Å². The first-order valence-corrected chi connectivity index (χ1v) is 6.07. The minimum atomic E-state index is -0.973. The van der Waals surface area contributed by atoms with Crippen molar-refractivity contribution >= 4 is 0 Å². The van der Waals surface area contributed by atoms with Crippen molar-refractivity contribution in [1.29, 1.82) is 0 Å². The van der Waals surface area contributed by atoms with Crippen molar-refractivity contribution in [1.82, 2.24) is 4.98 Å². The lowest BCUT2D eigenvalue weighted by Gasteiger charge is -2.32. The minimum Gasteiger partial charge on any atom is -0.327 e. The highest BCUT2D eigenvalue weighted by Gasteiger charge is 2.32. The molecule has 0 atom stereocenters. The zero-order valence-corrected chi connectivity index (χ0v) is 10.8. The van der Waals surface area contributed by atoms with Gasteiger partial charge in [-0.25, -0.2) is 0 Å². The van der Waals surface area contributed by atoms with Gasteiger partial charge in [0.1, 0.15) is 0 Å². The van der Waals surface area contributed by atoms with Gasteiger partial charge in [-0.2, -0.15) is 0 Å². The first-order chi connectivity index (χ1) is 8.26. The van der Waals surface area contributed by atoms with Gasteiger partial charge in [0.2, 0.25) is 0 Å². The highest BCUT2D eigenvalue weighted by atomic mass is 16.9. The summed E-state index contributed by atoms with van der Waals surface area (Å²) in [5.74, 6) is -0.973. The average Bonchev–Trinajstić information content (AvgIpc) is 2.31. The Bertz CT molecular complexity index is 286. The van der Waals surface area contributed by atoms with E-state index in [9.17, 15) is 0 Å².